The Morgan fingerprint density at radius 2 is 1.37 bits per heavy atom. The zero-order valence-electron chi connectivity index (χ0n) is 14.9. The summed E-state index contributed by atoms with van der Waals surface area (Å²) in [4.78, 5) is 25.6. The molecule has 1 aromatic carbocycles. The molecule has 1 aliphatic heterocycles. The number of rotatable bonds is 10. The molecular weight excluding hydrogens is 363 g/mol. The highest BCUT2D eigenvalue weighted by molar-refractivity contribution is 6.21. The van der Waals surface area contributed by atoms with Crippen LogP contribution in [-0.4, -0.2) is 51.9 Å². The fourth-order valence-electron chi connectivity index (χ4n) is 3.16. The van der Waals surface area contributed by atoms with E-state index in [-0.39, 0.29) is 18.2 Å². The molecule has 0 radical (unpaired) electrons. The van der Waals surface area contributed by atoms with Crippen LogP contribution in [0, 0.1) is 0 Å². The van der Waals surface area contributed by atoms with Crippen LogP contribution in [0.5, 0.6) is 0 Å². The quantitative estimate of drug-likeness (QED) is 0.477. The van der Waals surface area contributed by atoms with Crippen molar-refractivity contribution in [2.45, 2.75) is 63.3 Å². The van der Waals surface area contributed by atoms with Crippen LogP contribution in [-0.2, 0) is 0 Å². The first-order valence-electron chi connectivity index (χ1n) is 9.09. The Bertz CT molecular complexity index is 628. The van der Waals surface area contributed by atoms with Crippen LogP contribution in [0.4, 0.5) is 13.2 Å². The zero-order valence-corrected chi connectivity index (χ0v) is 14.9. The number of aliphatic hydroxyl groups excluding tert-OH is 2. The molecule has 0 bridgehead atoms. The highest BCUT2D eigenvalue weighted by Crippen LogP contribution is 2.25. The van der Waals surface area contributed by atoms with Gasteiger partial charge in [0.25, 0.3) is 11.8 Å². The standard InChI is InChI=1S/C19H24F3NO4/c20-19(21,22)12-16(25)15(24)10-4-2-1-3-7-11-23-17(26)13-8-5-6-9-14(13)18(23)27/h5-6,8-9,15-16,24-25H,1-4,7,10-12H2. The third-order valence-electron chi connectivity index (χ3n) is 4.64. The summed E-state index contributed by atoms with van der Waals surface area (Å²) < 4.78 is 36.4. The first kappa shape index (κ1) is 21.4. The molecule has 150 valence electrons. The molecule has 2 amide bonds. The van der Waals surface area contributed by atoms with Crippen molar-refractivity contribution in [3.8, 4) is 0 Å². The molecule has 27 heavy (non-hydrogen) atoms. The molecule has 0 saturated heterocycles. The maximum atomic E-state index is 12.2. The fourth-order valence-corrected chi connectivity index (χ4v) is 3.16. The molecule has 1 heterocycles. The lowest BCUT2D eigenvalue weighted by Crippen LogP contribution is -2.31. The van der Waals surface area contributed by atoms with Gasteiger partial charge in [-0.1, -0.05) is 37.8 Å². The summed E-state index contributed by atoms with van der Waals surface area (Å²) in [5.41, 5.74) is 0.850. The predicted molar refractivity (Wildman–Crippen MR) is 92.2 cm³/mol. The van der Waals surface area contributed by atoms with Crippen molar-refractivity contribution >= 4 is 11.8 Å². The third-order valence-corrected chi connectivity index (χ3v) is 4.64. The number of nitrogens with zero attached hydrogens (tertiary/aromatic N) is 1. The van der Waals surface area contributed by atoms with E-state index in [4.69, 9.17) is 0 Å². The molecule has 2 atom stereocenters. The number of imide groups is 1. The second-order valence-electron chi connectivity index (χ2n) is 6.82. The number of amides is 2. The van der Waals surface area contributed by atoms with Gasteiger partial charge in [-0.05, 0) is 25.0 Å². The van der Waals surface area contributed by atoms with Gasteiger partial charge in [0.1, 0.15) is 0 Å². The molecule has 2 N–H and O–H groups in total. The lowest BCUT2D eigenvalue weighted by atomic mass is 10.0. The topological polar surface area (TPSA) is 77.8 Å². The smallest absolute Gasteiger partial charge is 0.390 e. The van der Waals surface area contributed by atoms with Crippen molar-refractivity contribution in [1.82, 2.24) is 4.90 Å². The van der Waals surface area contributed by atoms with Gasteiger partial charge in [-0.25, -0.2) is 0 Å². The van der Waals surface area contributed by atoms with Crippen molar-refractivity contribution in [2.24, 2.45) is 0 Å². The molecule has 2 unspecified atom stereocenters. The Labute approximate surface area is 155 Å². The van der Waals surface area contributed by atoms with Gasteiger partial charge in [-0.2, -0.15) is 13.2 Å². The first-order valence-corrected chi connectivity index (χ1v) is 9.09. The van der Waals surface area contributed by atoms with E-state index in [1.54, 1.807) is 24.3 Å². The largest absolute Gasteiger partial charge is 0.391 e. The Morgan fingerprint density at radius 1 is 0.852 bits per heavy atom. The van der Waals surface area contributed by atoms with E-state index in [0.717, 1.165) is 12.8 Å². The molecule has 0 spiro atoms. The van der Waals surface area contributed by atoms with E-state index < -0.39 is 24.8 Å². The van der Waals surface area contributed by atoms with E-state index >= 15 is 0 Å². The lowest BCUT2D eigenvalue weighted by Gasteiger charge is -2.19. The summed E-state index contributed by atoms with van der Waals surface area (Å²) in [6.45, 7) is 0.333. The van der Waals surface area contributed by atoms with Crippen LogP contribution >= 0.6 is 0 Å². The number of hydrogen-bond acceptors (Lipinski definition) is 4. The lowest BCUT2D eigenvalue weighted by molar-refractivity contribution is -0.165. The van der Waals surface area contributed by atoms with Gasteiger partial charge in [-0.3, -0.25) is 14.5 Å². The number of carbonyl (C=O) groups excluding carboxylic acids is 2. The van der Waals surface area contributed by atoms with Gasteiger partial charge < -0.3 is 10.2 Å². The number of hydrogen-bond donors (Lipinski definition) is 2. The predicted octanol–water partition coefficient (Wildman–Crippen LogP) is 3.30. The Morgan fingerprint density at radius 3 is 1.93 bits per heavy atom. The minimum atomic E-state index is -4.50. The molecule has 0 fully saturated rings. The molecular formula is C19H24F3NO4. The zero-order chi connectivity index (χ0) is 20.0. The van der Waals surface area contributed by atoms with Crippen molar-refractivity contribution in [2.75, 3.05) is 6.54 Å². The summed E-state index contributed by atoms with van der Waals surface area (Å²) >= 11 is 0. The van der Waals surface area contributed by atoms with Gasteiger partial charge in [0.15, 0.2) is 0 Å². The van der Waals surface area contributed by atoms with E-state index in [1.807, 2.05) is 0 Å². The van der Waals surface area contributed by atoms with E-state index in [9.17, 15) is 33.0 Å². The summed E-state index contributed by atoms with van der Waals surface area (Å²) in [6, 6.07) is 6.70. The fraction of sp³-hybridized carbons (Fsp3) is 0.579. The van der Waals surface area contributed by atoms with E-state index in [1.165, 1.54) is 4.90 Å². The number of fused-ring (bicyclic) bond motifs is 1. The van der Waals surface area contributed by atoms with Crippen LogP contribution in [0.25, 0.3) is 0 Å². The van der Waals surface area contributed by atoms with Gasteiger partial charge in [0, 0.05) is 6.54 Å². The Balaban J connectivity index is 1.59. The number of halogens is 3. The van der Waals surface area contributed by atoms with Crippen LogP contribution < -0.4 is 0 Å². The molecule has 1 aliphatic rings. The number of unbranched alkanes of at least 4 members (excludes halogenated alkanes) is 4. The summed E-state index contributed by atoms with van der Waals surface area (Å²) in [7, 11) is 0. The number of alkyl halides is 3. The molecule has 0 saturated carbocycles. The van der Waals surface area contributed by atoms with Crippen LogP contribution in [0.15, 0.2) is 24.3 Å². The van der Waals surface area contributed by atoms with Crippen molar-refractivity contribution in [3.05, 3.63) is 35.4 Å². The van der Waals surface area contributed by atoms with Crippen LogP contribution in [0.2, 0.25) is 0 Å². The Hall–Kier alpha value is -1.93. The maximum absolute atomic E-state index is 12.2. The highest BCUT2D eigenvalue weighted by Gasteiger charge is 2.35. The summed E-state index contributed by atoms with van der Waals surface area (Å²) in [6.07, 6.45) is -5.61. The van der Waals surface area contributed by atoms with Gasteiger partial charge in [0.2, 0.25) is 0 Å². The summed E-state index contributed by atoms with van der Waals surface area (Å²) in [5.74, 6) is -0.560. The number of benzene rings is 1. The third kappa shape index (κ3) is 6.04. The molecule has 8 heteroatoms. The number of carbonyl (C=O) groups is 2. The van der Waals surface area contributed by atoms with Gasteiger partial charge in [-0.15, -0.1) is 0 Å². The second kappa shape index (κ2) is 9.32. The van der Waals surface area contributed by atoms with E-state index in [2.05, 4.69) is 0 Å². The normalized spacial score (nSPS) is 16.6. The maximum Gasteiger partial charge on any atom is 0.391 e. The van der Waals surface area contributed by atoms with Crippen molar-refractivity contribution in [1.29, 1.82) is 0 Å². The van der Waals surface area contributed by atoms with Crippen LogP contribution in [0.1, 0.15) is 65.7 Å². The van der Waals surface area contributed by atoms with Crippen molar-refractivity contribution < 1.29 is 33.0 Å². The minimum absolute atomic E-state index is 0.107. The minimum Gasteiger partial charge on any atom is -0.390 e. The van der Waals surface area contributed by atoms with Crippen molar-refractivity contribution in [3.63, 3.8) is 0 Å². The summed E-state index contributed by atoms with van der Waals surface area (Å²) in [5, 5.41) is 18.8. The Kier molecular flexibility index (Phi) is 7.38. The molecule has 1 aromatic rings. The average Bonchev–Trinajstić information content (AvgIpc) is 2.84. The van der Waals surface area contributed by atoms with Crippen LogP contribution in [0.3, 0.4) is 0 Å². The average molecular weight is 387 g/mol. The molecule has 2 rings (SSSR count). The monoisotopic (exact) mass is 387 g/mol. The highest BCUT2D eigenvalue weighted by atomic mass is 19.4. The molecule has 0 aromatic heterocycles. The molecule has 5 nitrogen and oxygen atoms in total. The number of aliphatic hydroxyl groups is 2. The first-order chi connectivity index (χ1) is 12.7. The molecule has 0 aliphatic carbocycles. The SMILES string of the molecule is O=C1c2ccccc2C(=O)N1CCCCCCCC(O)C(O)CC(F)(F)F. The van der Waals surface area contributed by atoms with E-state index in [0.29, 0.717) is 36.9 Å². The second-order valence-corrected chi connectivity index (χ2v) is 6.82. The van der Waals surface area contributed by atoms with Gasteiger partial charge >= 0.3 is 6.18 Å². The van der Waals surface area contributed by atoms with Gasteiger partial charge in [0.05, 0.1) is 29.8 Å².